The summed E-state index contributed by atoms with van der Waals surface area (Å²) < 4.78 is 32.4. The summed E-state index contributed by atoms with van der Waals surface area (Å²) in [7, 11) is -3.76. The number of aromatic nitrogens is 1. The molecule has 0 saturated carbocycles. The minimum Gasteiger partial charge on any atom is -0.444 e. The third kappa shape index (κ3) is 3.46. The molecule has 0 saturated heterocycles. The van der Waals surface area contributed by atoms with Crippen molar-refractivity contribution >= 4 is 27.2 Å². The first-order chi connectivity index (χ1) is 9.81. The molecule has 0 amide bonds. The minimum atomic E-state index is -3.76. The third-order valence-electron chi connectivity index (χ3n) is 2.93. The van der Waals surface area contributed by atoms with Crippen molar-refractivity contribution in [2.75, 3.05) is 0 Å². The van der Waals surface area contributed by atoms with Gasteiger partial charge in [0.05, 0.1) is 17.1 Å². The van der Waals surface area contributed by atoms with E-state index in [4.69, 9.17) is 22.4 Å². The van der Waals surface area contributed by atoms with E-state index in [0.29, 0.717) is 17.2 Å². The molecule has 1 aromatic carbocycles. The molecule has 21 heavy (non-hydrogen) atoms. The van der Waals surface area contributed by atoms with Crippen LogP contribution in [0.4, 0.5) is 0 Å². The van der Waals surface area contributed by atoms with Crippen molar-refractivity contribution in [1.29, 1.82) is 0 Å². The highest BCUT2D eigenvalue weighted by Gasteiger charge is 2.20. The fourth-order valence-electron chi connectivity index (χ4n) is 1.75. The summed E-state index contributed by atoms with van der Waals surface area (Å²) in [6.45, 7) is 3.52. The van der Waals surface area contributed by atoms with Crippen LogP contribution in [0.3, 0.4) is 0 Å². The van der Waals surface area contributed by atoms with E-state index in [1.165, 1.54) is 6.07 Å². The second-order valence-corrected chi connectivity index (χ2v) is 6.61. The second-order valence-electron chi connectivity index (χ2n) is 4.43. The lowest BCUT2D eigenvalue weighted by molar-refractivity contribution is 0.463. The number of aryl methyl sites for hydroxylation is 2. The Morgan fingerprint density at radius 3 is 2.62 bits per heavy atom. The monoisotopic (exact) mass is 325 g/mol. The molecule has 0 unspecified atom stereocenters. The summed E-state index contributed by atoms with van der Waals surface area (Å²) in [4.78, 5) is 4.19. The normalized spacial score (nSPS) is 11.5. The SMILES string of the molecule is Cc1nc(CNS(=O)(=O)c2ccccc2C(N)=S)oc1C. The van der Waals surface area contributed by atoms with Gasteiger partial charge in [-0.1, -0.05) is 30.4 Å². The average molecular weight is 325 g/mol. The second kappa shape index (κ2) is 5.92. The quantitative estimate of drug-likeness (QED) is 0.807. The van der Waals surface area contributed by atoms with Gasteiger partial charge >= 0.3 is 0 Å². The van der Waals surface area contributed by atoms with Crippen molar-refractivity contribution in [3.63, 3.8) is 0 Å². The van der Waals surface area contributed by atoms with Gasteiger partial charge in [0.2, 0.25) is 15.9 Å². The molecule has 8 heteroatoms. The van der Waals surface area contributed by atoms with Crippen molar-refractivity contribution in [3.8, 4) is 0 Å². The zero-order valence-electron chi connectivity index (χ0n) is 11.6. The fraction of sp³-hybridized carbons (Fsp3) is 0.231. The predicted octanol–water partition coefficient (Wildman–Crippen LogP) is 1.40. The summed E-state index contributed by atoms with van der Waals surface area (Å²) in [6, 6.07) is 6.29. The first kappa shape index (κ1) is 15.6. The zero-order chi connectivity index (χ0) is 15.6. The van der Waals surface area contributed by atoms with Gasteiger partial charge in [0, 0.05) is 5.56 Å². The summed E-state index contributed by atoms with van der Waals surface area (Å²) in [5, 5.41) is 0. The van der Waals surface area contributed by atoms with Gasteiger partial charge in [0.15, 0.2) is 0 Å². The Kier molecular flexibility index (Phi) is 4.40. The lowest BCUT2D eigenvalue weighted by Gasteiger charge is -2.09. The maximum absolute atomic E-state index is 12.3. The van der Waals surface area contributed by atoms with E-state index >= 15 is 0 Å². The Hall–Kier alpha value is -1.77. The molecule has 3 N–H and O–H groups in total. The lowest BCUT2D eigenvalue weighted by atomic mass is 10.2. The van der Waals surface area contributed by atoms with Crippen LogP contribution in [0.2, 0.25) is 0 Å². The van der Waals surface area contributed by atoms with Gasteiger partial charge in [-0.2, -0.15) is 0 Å². The van der Waals surface area contributed by atoms with Crippen LogP contribution < -0.4 is 10.5 Å². The van der Waals surface area contributed by atoms with Crippen molar-refractivity contribution in [2.24, 2.45) is 5.73 Å². The Labute approximate surface area is 128 Å². The Morgan fingerprint density at radius 2 is 2.05 bits per heavy atom. The number of benzene rings is 1. The maximum atomic E-state index is 12.3. The summed E-state index contributed by atoms with van der Waals surface area (Å²) in [6.07, 6.45) is 0. The van der Waals surface area contributed by atoms with E-state index in [0.717, 1.165) is 5.69 Å². The topological polar surface area (TPSA) is 98.2 Å². The number of oxazole rings is 1. The summed E-state index contributed by atoms with van der Waals surface area (Å²) in [5.74, 6) is 0.967. The highest BCUT2D eigenvalue weighted by molar-refractivity contribution is 7.89. The molecule has 0 aliphatic rings. The number of nitrogens with zero attached hydrogens (tertiary/aromatic N) is 1. The van der Waals surface area contributed by atoms with Crippen LogP contribution in [0.15, 0.2) is 33.6 Å². The molecule has 2 aromatic rings. The van der Waals surface area contributed by atoms with E-state index in [9.17, 15) is 8.42 Å². The zero-order valence-corrected chi connectivity index (χ0v) is 13.2. The summed E-state index contributed by atoms with van der Waals surface area (Å²) >= 11 is 4.87. The van der Waals surface area contributed by atoms with Gasteiger partial charge in [0.25, 0.3) is 0 Å². The number of hydrogen-bond donors (Lipinski definition) is 2. The molecular formula is C13H15N3O3S2. The molecule has 0 aliphatic carbocycles. The van der Waals surface area contributed by atoms with Crippen LogP contribution in [-0.4, -0.2) is 18.4 Å². The van der Waals surface area contributed by atoms with Gasteiger partial charge in [-0.05, 0) is 19.9 Å². The standard InChI is InChI=1S/C13H15N3O3S2/c1-8-9(2)19-12(16-8)7-15-21(17,18)11-6-4-3-5-10(11)13(14)20/h3-6,15H,7H2,1-2H3,(H2,14,20). The van der Waals surface area contributed by atoms with Crippen LogP contribution in [-0.2, 0) is 16.6 Å². The van der Waals surface area contributed by atoms with E-state index in [1.54, 1.807) is 32.0 Å². The van der Waals surface area contributed by atoms with E-state index in [-0.39, 0.29) is 16.4 Å². The molecule has 6 nitrogen and oxygen atoms in total. The van der Waals surface area contributed by atoms with E-state index in [2.05, 4.69) is 9.71 Å². The van der Waals surface area contributed by atoms with Gasteiger partial charge in [0.1, 0.15) is 10.7 Å². The molecular weight excluding hydrogens is 310 g/mol. The van der Waals surface area contributed by atoms with Gasteiger partial charge in [-0.3, -0.25) is 0 Å². The van der Waals surface area contributed by atoms with Crippen LogP contribution >= 0.6 is 12.2 Å². The number of nitrogens with two attached hydrogens (primary N) is 1. The molecule has 112 valence electrons. The molecule has 0 atom stereocenters. The van der Waals surface area contributed by atoms with Crippen LogP contribution in [0.1, 0.15) is 22.9 Å². The third-order valence-corrected chi connectivity index (χ3v) is 4.61. The minimum absolute atomic E-state index is 0.0267. The largest absolute Gasteiger partial charge is 0.444 e. The Bertz CT molecular complexity index is 762. The number of thiocarbonyl (C=S) groups is 1. The van der Waals surface area contributed by atoms with Gasteiger partial charge < -0.3 is 10.2 Å². The summed E-state index contributed by atoms with van der Waals surface area (Å²) in [5.41, 5.74) is 6.58. The first-order valence-electron chi connectivity index (χ1n) is 6.12. The van der Waals surface area contributed by atoms with Crippen molar-refractivity contribution < 1.29 is 12.8 Å². The molecule has 0 bridgehead atoms. The Balaban J connectivity index is 2.25. The van der Waals surface area contributed by atoms with Gasteiger partial charge in [-0.25, -0.2) is 18.1 Å². The smallest absolute Gasteiger partial charge is 0.241 e. The van der Waals surface area contributed by atoms with Crippen molar-refractivity contribution in [1.82, 2.24) is 9.71 Å². The number of hydrogen-bond acceptors (Lipinski definition) is 5. The number of nitrogens with one attached hydrogen (secondary N) is 1. The van der Waals surface area contributed by atoms with Crippen LogP contribution in [0.5, 0.6) is 0 Å². The number of sulfonamides is 1. The van der Waals surface area contributed by atoms with Crippen molar-refractivity contribution in [2.45, 2.75) is 25.3 Å². The van der Waals surface area contributed by atoms with Crippen LogP contribution in [0.25, 0.3) is 0 Å². The molecule has 0 spiro atoms. The van der Waals surface area contributed by atoms with Crippen molar-refractivity contribution in [3.05, 3.63) is 47.2 Å². The molecule has 1 heterocycles. The van der Waals surface area contributed by atoms with E-state index < -0.39 is 10.0 Å². The molecule has 1 aromatic heterocycles. The Morgan fingerprint density at radius 1 is 1.38 bits per heavy atom. The molecule has 0 fully saturated rings. The van der Waals surface area contributed by atoms with Crippen LogP contribution in [0, 0.1) is 13.8 Å². The highest BCUT2D eigenvalue weighted by atomic mass is 32.2. The first-order valence-corrected chi connectivity index (χ1v) is 8.02. The molecule has 2 rings (SSSR count). The average Bonchev–Trinajstić information content (AvgIpc) is 2.76. The van der Waals surface area contributed by atoms with Gasteiger partial charge in [-0.15, -0.1) is 0 Å². The molecule has 0 radical (unpaired) electrons. The maximum Gasteiger partial charge on any atom is 0.241 e. The fourth-order valence-corrected chi connectivity index (χ4v) is 3.19. The highest BCUT2D eigenvalue weighted by Crippen LogP contribution is 2.16. The predicted molar refractivity (Wildman–Crippen MR) is 82.3 cm³/mol. The lowest BCUT2D eigenvalue weighted by Crippen LogP contribution is -2.26. The molecule has 0 aliphatic heterocycles. The van der Waals surface area contributed by atoms with E-state index in [1.807, 2.05) is 0 Å². The number of rotatable bonds is 5.